The van der Waals surface area contributed by atoms with Crippen LogP contribution in [0.25, 0.3) is 0 Å². The first-order valence-corrected chi connectivity index (χ1v) is 7.03. The van der Waals surface area contributed by atoms with Crippen molar-refractivity contribution in [1.29, 1.82) is 0 Å². The van der Waals surface area contributed by atoms with Crippen molar-refractivity contribution in [3.8, 4) is 0 Å². The normalized spacial score (nSPS) is 17.3. The number of hydrogen-bond acceptors (Lipinski definition) is 2. The van der Waals surface area contributed by atoms with Crippen LogP contribution in [-0.4, -0.2) is 35.5 Å². The van der Waals surface area contributed by atoms with E-state index in [9.17, 15) is 9.59 Å². The van der Waals surface area contributed by atoms with Crippen molar-refractivity contribution in [3.05, 3.63) is 35.9 Å². The second-order valence-corrected chi connectivity index (χ2v) is 5.68. The van der Waals surface area contributed by atoms with Crippen LogP contribution in [0.1, 0.15) is 31.2 Å². The first-order chi connectivity index (χ1) is 9.50. The van der Waals surface area contributed by atoms with Crippen LogP contribution in [0.5, 0.6) is 0 Å². The van der Waals surface area contributed by atoms with Gasteiger partial charge in [0.05, 0.1) is 11.8 Å². The second kappa shape index (κ2) is 6.07. The lowest BCUT2D eigenvalue weighted by Crippen LogP contribution is -2.37. The van der Waals surface area contributed by atoms with Gasteiger partial charge in [-0.15, -0.1) is 0 Å². The van der Waals surface area contributed by atoms with Gasteiger partial charge >= 0.3 is 5.97 Å². The van der Waals surface area contributed by atoms with Gasteiger partial charge in [-0.3, -0.25) is 9.59 Å². The number of likely N-dealkylation sites (N-methyl/N-ethyl adjacent to an activating group) is 1. The van der Waals surface area contributed by atoms with Crippen LogP contribution in [0, 0.1) is 11.8 Å². The molecule has 1 saturated carbocycles. The molecule has 1 amide bonds. The molecule has 1 aliphatic carbocycles. The third kappa shape index (κ3) is 3.38. The van der Waals surface area contributed by atoms with E-state index in [4.69, 9.17) is 5.11 Å². The molecule has 0 aliphatic heterocycles. The van der Waals surface area contributed by atoms with E-state index < -0.39 is 11.9 Å². The van der Waals surface area contributed by atoms with Gasteiger partial charge in [0, 0.05) is 13.6 Å². The van der Waals surface area contributed by atoms with E-state index in [0.717, 1.165) is 18.4 Å². The second-order valence-electron chi connectivity index (χ2n) is 5.68. The highest BCUT2D eigenvalue weighted by atomic mass is 16.4. The van der Waals surface area contributed by atoms with Gasteiger partial charge in [-0.05, 0) is 24.3 Å². The summed E-state index contributed by atoms with van der Waals surface area (Å²) in [4.78, 5) is 25.1. The highest BCUT2D eigenvalue weighted by Crippen LogP contribution is 2.43. The number of carboxylic acid groups (broad SMARTS) is 1. The first kappa shape index (κ1) is 14.6. The van der Waals surface area contributed by atoms with Crippen LogP contribution in [0.15, 0.2) is 30.3 Å². The summed E-state index contributed by atoms with van der Waals surface area (Å²) < 4.78 is 0. The molecule has 2 unspecified atom stereocenters. The lowest BCUT2D eigenvalue weighted by Gasteiger charge is -2.25. The minimum Gasteiger partial charge on any atom is -0.481 e. The Balaban J connectivity index is 2.10. The van der Waals surface area contributed by atoms with Crippen LogP contribution >= 0.6 is 0 Å². The fourth-order valence-electron chi connectivity index (χ4n) is 2.52. The third-order valence-electron chi connectivity index (χ3n) is 3.86. The van der Waals surface area contributed by atoms with E-state index in [1.165, 1.54) is 0 Å². The van der Waals surface area contributed by atoms with Gasteiger partial charge in [0.25, 0.3) is 0 Å². The molecule has 1 aromatic carbocycles. The van der Waals surface area contributed by atoms with E-state index in [1.807, 2.05) is 30.3 Å². The number of rotatable bonds is 6. The zero-order chi connectivity index (χ0) is 14.7. The summed E-state index contributed by atoms with van der Waals surface area (Å²) >= 11 is 0. The number of hydrogen-bond donors (Lipinski definition) is 1. The zero-order valence-electron chi connectivity index (χ0n) is 12.0. The standard InChI is InChI=1S/C16H21NO3/c1-11(16(19)20)10-17(2)15(18)14(13-8-9-13)12-6-4-3-5-7-12/h3-7,11,13-14H,8-10H2,1-2H3,(H,19,20). The summed E-state index contributed by atoms with van der Waals surface area (Å²) in [6.45, 7) is 1.88. The number of carboxylic acids is 1. The number of nitrogens with zero attached hydrogens (tertiary/aromatic N) is 1. The van der Waals surface area contributed by atoms with Gasteiger partial charge in [0.2, 0.25) is 5.91 Å². The molecular formula is C16H21NO3. The molecule has 1 fully saturated rings. The third-order valence-corrected chi connectivity index (χ3v) is 3.86. The molecule has 2 atom stereocenters. The molecule has 0 spiro atoms. The van der Waals surface area contributed by atoms with Crippen molar-refractivity contribution < 1.29 is 14.7 Å². The SMILES string of the molecule is CC(CN(C)C(=O)C(c1ccccc1)C1CC1)C(=O)O. The number of carbonyl (C=O) groups excluding carboxylic acids is 1. The Morgan fingerprint density at radius 1 is 1.30 bits per heavy atom. The molecule has 1 aliphatic rings. The molecule has 1 N–H and O–H groups in total. The molecule has 20 heavy (non-hydrogen) atoms. The number of aliphatic carboxylic acids is 1. The molecule has 4 nitrogen and oxygen atoms in total. The van der Waals surface area contributed by atoms with Gasteiger partial charge in [-0.1, -0.05) is 37.3 Å². The molecule has 0 radical (unpaired) electrons. The van der Waals surface area contributed by atoms with E-state index in [2.05, 4.69) is 0 Å². The van der Waals surface area contributed by atoms with E-state index in [0.29, 0.717) is 5.92 Å². The highest BCUT2D eigenvalue weighted by molar-refractivity contribution is 5.84. The molecule has 2 rings (SSSR count). The molecule has 1 aromatic rings. The van der Waals surface area contributed by atoms with Gasteiger partial charge in [-0.25, -0.2) is 0 Å². The summed E-state index contributed by atoms with van der Waals surface area (Å²) in [5.41, 5.74) is 1.04. The average Bonchev–Trinajstić information content (AvgIpc) is 3.24. The van der Waals surface area contributed by atoms with Crippen molar-refractivity contribution in [2.24, 2.45) is 11.8 Å². The maximum absolute atomic E-state index is 12.6. The Kier molecular flexibility index (Phi) is 4.42. The summed E-state index contributed by atoms with van der Waals surface area (Å²) in [6, 6.07) is 9.79. The highest BCUT2D eigenvalue weighted by Gasteiger charge is 2.38. The molecule has 108 valence electrons. The topological polar surface area (TPSA) is 57.6 Å². The van der Waals surface area contributed by atoms with E-state index in [-0.39, 0.29) is 18.4 Å². The van der Waals surface area contributed by atoms with Crippen LogP contribution in [0.4, 0.5) is 0 Å². The van der Waals surface area contributed by atoms with Crippen LogP contribution in [-0.2, 0) is 9.59 Å². The Labute approximate surface area is 119 Å². The monoisotopic (exact) mass is 275 g/mol. The van der Waals surface area contributed by atoms with Crippen LogP contribution in [0.3, 0.4) is 0 Å². The lowest BCUT2D eigenvalue weighted by molar-refractivity contribution is -0.143. The van der Waals surface area contributed by atoms with Crippen molar-refractivity contribution in [3.63, 3.8) is 0 Å². The molecule has 0 heterocycles. The van der Waals surface area contributed by atoms with Crippen molar-refractivity contribution in [2.45, 2.75) is 25.7 Å². The first-order valence-electron chi connectivity index (χ1n) is 7.03. The predicted octanol–water partition coefficient (Wildman–Crippen LogP) is 2.36. The van der Waals surface area contributed by atoms with Gasteiger partial charge in [-0.2, -0.15) is 0 Å². The number of carbonyl (C=O) groups is 2. The quantitative estimate of drug-likeness (QED) is 0.867. The number of amides is 1. The molecule has 0 bridgehead atoms. The Morgan fingerprint density at radius 2 is 1.90 bits per heavy atom. The maximum atomic E-state index is 12.6. The molecular weight excluding hydrogens is 254 g/mol. The van der Waals surface area contributed by atoms with Crippen LogP contribution < -0.4 is 0 Å². The van der Waals surface area contributed by atoms with Crippen molar-refractivity contribution >= 4 is 11.9 Å². The van der Waals surface area contributed by atoms with E-state index >= 15 is 0 Å². The minimum atomic E-state index is -0.868. The summed E-state index contributed by atoms with van der Waals surface area (Å²) in [5, 5.41) is 8.95. The fourth-order valence-corrected chi connectivity index (χ4v) is 2.52. The average molecular weight is 275 g/mol. The summed E-state index contributed by atoms with van der Waals surface area (Å²) in [7, 11) is 1.69. The minimum absolute atomic E-state index is 0.0341. The fraction of sp³-hybridized carbons (Fsp3) is 0.500. The van der Waals surface area contributed by atoms with Crippen LogP contribution in [0.2, 0.25) is 0 Å². The van der Waals surface area contributed by atoms with Gasteiger partial charge in [0.15, 0.2) is 0 Å². The Hall–Kier alpha value is -1.84. The number of benzene rings is 1. The van der Waals surface area contributed by atoms with Gasteiger partial charge in [0.1, 0.15) is 0 Å². The lowest BCUT2D eigenvalue weighted by atomic mass is 9.92. The predicted molar refractivity (Wildman–Crippen MR) is 76.3 cm³/mol. The van der Waals surface area contributed by atoms with E-state index in [1.54, 1.807) is 18.9 Å². The Morgan fingerprint density at radius 3 is 2.40 bits per heavy atom. The molecule has 0 saturated heterocycles. The summed E-state index contributed by atoms with van der Waals surface area (Å²) in [5.74, 6) is -1.09. The summed E-state index contributed by atoms with van der Waals surface area (Å²) in [6.07, 6.45) is 2.15. The van der Waals surface area contributed by atoms with Crippen molar-refractivity contribution in [1.82, 2.24) is 4.90 Å². The Bertz CT molecular complexity index is 482. The smallest absolute Gasteiger partial charge is 0.308 e. The molecule has 4 heteroatoms. The van der Waals surface area contributed by atoms with Crippen molar-refractivity contribution in [2.75, 3.05) is 13.6 Å². The zero-order valence-corrected chi connectivity index (χ0v) is 12.0. The maximum Gasteiger partial charge on any atom is 0.308 e. The van der Waals surface area contributed by atoms with Gasteiger partial charge < -0.3 is 10.0 Å². The molecule has 0 aromatic heterocycles. The largest absolute Gasteiger partial charge is 0.481 e.